The van der Waals surface area contributed by atoms with E-state index >= 15 is 0 Å². The van der Waals surface area contributed by atoms with Crippen LogP contribution in [0.15, 0.2) is 34.8 Å². The Morgan fingerprint density at radius 1 is 1.33 bits per heavy atom. The molecule has 0 saturated heterocycles. The maximum atomic E-state index is 11.6. The average molecular weight is 268 g/mol. The first-order valence-electron chi connectivity index (χ1n) is 5.22. The number of benzene rings is 1. The van der Waals surface area contributed by atoms with E-state index < -0.39 is 5.97 Å². The molecule has 4 nitrogen and oxygen atoms in total. The number of carbonyl (C=O) groups is 1. The number of hydrogen-bond acceptors (Lipinski definition) is 4. The maximum Gasteiger partial charge on any atom is 0.343 e. The van der Waals surface area contributed by atoms with Crippen LogP contribution in [0, 0.1) is 0 Å². The molecule has 0 aliphatic rings. The van der Waals surface area contributed by atoms with E-state index in [4.69, 9.17) is 11.6 Å². The molecule has 1 aromatic carbocycles. The zero-order chi connectivity index (χ0) is 13.7. The summed E-state index contributed by atoms with van der Waals surface area (Å²) in [6.07, 6.45) is 0. The largest absolute Gasteiger partial charge is 0.506 e. The molecule has 1 aromatic rings. The van der Waals surface area contributed by atoms with Gasteiger partial charge in [0, 0.05) is 23.3 Å². The number of aliphatic hydroxyl groups is 1. The number of halogens is 1. The Hall–Kier alpha value is -1.81. The molecule has 0 unspecified atom stereocenters. The summed E-state index contributed by atoms with van der Waals surface area (Å²) in [5, 5.41) is 10.7. The predicted molar refractivity (Wildman–Crippen MR) is 72.0 cm³/mol. The second kappa shape index (κ2) is 6.21. The van der Waals surface area contributed by atoms with Gasteiger partial charge in [-0.1, -0.05) is 11.6 Å². The highest BCUT2D eigenvalue weighted by Crippen LogP contribution is 2.20. The zero-order valence-corrected chi connectivity index (χ0v) is 11.2. The van der Waals surface area contributed by atoms with E-state index in [1.54, 1.807) is 31.2 Å². The molecule has 0 fully saturated rings. The molecule has 0 atom stereocenters. The number of aliphatic imine (C=N–C) groups is 1. The highest BCUT2D eigenvalue weighted by Gasteiger charge is 2.19. The van der Waals surface area contributed by atoms with Crippen molar-refractivity contribution in [2.75, 3.05) is 14.2 Å². The number of carbonyl (C=O) groups excluding carboxylic acids is 1. The second-order valence-electron chi connectivity index (χ2n) is 3.53. The first-order valence-corrected chi connectivity index (χ1v) is 5.60. The molecule has 0 aliphatic heterocycles. The van der Waals surface area contributed by atoms with Crippen LogP contribution in [0.3, 0.4) is 0 Å². The van der Waals surface area contributed by atoms with Gasteiger partial charge in [0.1, 0.15) is 11.3 Å². The van der Waals surface area contributed by atoms with Gasteiger partial charge in [0.15, 0.2) is 0 Å². The molecule has 0 amide bonds. The minimum atomic E-state index is -0.634. The molecular weight excluding hydrogens is 254 g/mol. The van der Waals surface area contributed by atoms with E-state index in [9.17, 15) is 9.90 Å². The molecule has 0 heterocycles. The lowest BCUT2D eigenvalue weighted by molar-refractivity contribution is -0.135. The van der Waals surface area contributed by atoms with Gasteiger partial charge in [-0.25, -0.2) is 4.79 Å². The number of rotatable bonds is 3. The van der Waals surface area contributed by atoms with Crippen molar-refractivity contribution in [3.8, 4) is 0 Å². The summed E-state index contributed by atoms with van der Waals surface area (Å²) in [6.45, 7) is 1.62. The number of ether oxygens (including phenoxy) is 1. The van der Waals surface area contributed by atoms with E-state index in [0.29, 0.717) is 16.3 Å². The lowest BCUT2D eigenvalue weighted by Crippen LogP contribution is -2.14. The van der Waals surface area contributed by atoms with Crippen molar-refractivity contribution in [3.05, 3.63) is 40.4 Å². The first kappa shape index (κ1) is 14.3. The molecule has 0 aromatic heterocycles. The Labute approximate surface area is 111 Å². The number of aliphatic hydroxyl groups excluding tert-OH is 1. The van der Waals surface area contributed by atoms with Crippen molar-refractivity contribution in [2.45, 2.75) is 6.92 Å². The Kier molecular flexibility index (Phi) is 4.92. The molecule has 0 radical (unpaired) electrons. The van der Waals surface area contributed by atoms with Crippen molar-refractivity contribution in [3.63, 3.8) is 0 Å². The molecular formula is C13H14ClNO3. The van der Waals surface area contributed by atoms with E-state index in [1.807, 2.05) is 0 Å². The first-order chi connectivity index (χ1) is 8.51. The summed E-state index contributed by atoms with van der Waals surface area (Å²) in [5.41, 5.74) is 0.916. The van der Waals surface area contributed by atoms with Gasteiger partial charge in [-0.15, -0.1) is 0 Å². The van der Waals surface area contributed by atoms with Gasteiger partial charge >= 0.3 is 5.97 Å². The summed E-state index contributed by atoms with van der Waals surface area (Å²) < 4.78 is 4.64. The number of nitrogens with zero attached hydrogens (tertiary/aromatic N) is 1. The summed E-state index contributed by atoms with van der Waals surface area (Å²) in [4.78, 5) is 15.5. The van der Waals surface area contributed by atoms with Crippen LogP contribution >= 0.6 is 11.6 Å². The molecule has 0 spiro atoms. The lowest BCUT2D eigenvalue weighted by atomic mass is 10.1. The van der Waals surface area contributed by atoms with Crippen molar-refractivity contribution in [2.24, 2.45) is 4.99 Å². The van der Waals surface area contributed by atoms with E-state index in [-0.39, 0.29) is 11.3 Å². The van der Waals surface area contributed by atoms with Gasteiger partial charge in [-0.05, 0) is 31.2 Å². The molecule has 5 heteroatoms. The Bertz CT molecular complexity index is 503. The second-order valence-corrected chi connectivity index (χ2v) is 3.97. The summed E-state index contributed by atoms with van der Waals surface area (Å²) in [7, 11) is 2.79. The summed E-state index contributed by atoms with van der Waals surface area (Å²) >= 11 is 5.76. The fourth-order valence-corrected chi connectivity index (χ4v) is 1.51. The number of methoxy groups -OCH3 is 1. The van der Waals surface area contributed by atoms with Crippen molar-refractivity contribution in [1.82, 2.24) is 0 Å². The van der Waals surface area contributed by atoms with Crippen LogP contribution in [-0.4, -0.2) is 30.9 Å². The van der Waals surface area contributed by atoms with Gasteiger partial charge in [-0.2, -0.15) is 0 Å². The van der Waals surface area contributed by atoms with Gasteiger partial charge in [0.2, 0.25) is 0 Å². The maximum absolute atomic E-state index is 11.6. The van der Waals surface area contributed by atoms with Crippen LogP contribution in [0.2, 0.25) is 5.02 Å². The third-order valence-electron chi connectivity index (χ3n) is 2.44. The van der Waals surface area contributed by atoms with Crippen molar-refractivity contribution < 1.29 is 14.6 Å². The highest BCUT2D eigenvalue weighted by atomic mass is 35.5. The summed E-state index contributed by atoms with van der Waals surface area (Å²) in [6, 6.07) is 6.48. The van der Waals surface area contributed by atoms with Crippen molar-refractivity contribution >= 4 is 29.0 Å². The van der Waals surface area contributed by atoms with Crippen LogP contribution in [0.5, 0.6) is 0 Å². The Morgan fingerprint density at radius 2 is 1.89 bits per heavy atom. The van der Waals surface area contributed by atoms with Gasteiger partial charge in [-0.3, -0.25) is 4.99 Å². The lowest BCUT2D eigenvalue weighted by Gasteiger charge is -2.09. The Balaban J connectivity index is 3.35. The van der Waals surface area contributed by atoms with E-state index in [2.05, 4.69) is 9.73 Å². The van der Waals surface area contributed by atoms with Crippen LogP contribution < -0.4 is 0 Å². The predicted octanol–water partition coefficient (Wildman–Crippen LogP) is 2.87. The molecule has 1 N–H and O–H groups in total. The fourth-order valence-electron chi connectivity index (χ4n) is 1.38. The van der Waals surface area contributed by atoms with Crippen LogP contribution in [0.4, 0.5) is 0 Å². The molecule has 96 valence electrons. The monoisotopic (exact) mass is 267 g/mol. The third kappa shape index (κ3) is 3.11. The van der Waals surface area contributed by atoms with Gasteiger partial charge in [0.05, 0.1) is 7.11 Å². The van der Waals surface area contributed by atoms with Crippen LogP contribution in [0.25, 0.3) is 5.76 Å². The highest BCUT2D eigenvalue weighted by molar-refractivity contribution is 6.30. The zero-order valence-electron chi connectivity index (χ0n) is 10.4. The Morgan fingerprint density at radius 3 is 2.33 bits per heavy atom. The molecule has 18 heavy (non-hydrogen) atoms. The van der Waals surface area contributed by atoms with Crippen LogP contribution in [0.1, 0.15) is 12.5 Å². The quantitative estimate of drug-likeness (QED) is 0.396. The molecule has 0 aliphatic carbocycles. The van der Waals surface area contributed by atoms with Gasteiger partial charge in [0.25, 0.3) is 0 Å². The summed E-state index contributed by atoms with van der Waals surface area (Å²) in [5.74, 6) is -0.813. The number of hydrogen-bond donors (Lipinski definition) is 1. The topological polar surface area (TPSA) is 58.9 Å². The van der Waals surface area contributed by atoms with Crippen LogP contribution in [-0.2, 0) is 9.53 Å². The average Bonchev–Trinajstić information content (AvgIpc) is 2.39. The normalized spacial score (nSPS) is 13.0. The molecule has 0 bridgehead atoms. The fraction of sp³-hybridized carbons (Fsp3) is 0.231. The third-order valence-corrected chi connectivity index (χ3v) is 2.69. The van der Waals surface area contributed by atoms with Crippen molar-refractivity contribution in [1.29, 1.82) is 0 Å². The standard InChI is InChI=1S/C13H14ClNO3/c1-8(15-2)11(13(17)18-3)12(16)9-4-6-10(14)7-5-9/h4-7,16H,1-3H3. The van der Waals surface area contributed by atoms with E-state index in [1.165, 1.54) is 14.2 Å². The minimum Gasteiger partial charge on any atom is -0.506 e. The molecule has 1 rings (SSSR count). The SMILES string of the molecule is CN=C(C)C(C(=O)OC)=C(O)c1ccc(Cl)cc1. The van der Waals surface area contributed by atoms with E-state index in [0.717, 1.165) is 0 Å². The van der Waals surface area contributed by atoms with Gasteiger partial charge < -0.3 is 9.84 Å². The number of esters is 1. The minimum absolute atomic E-state index is 0.0438. The smallest absolute Gasteiger partial charge is 0.343 e. The molecule has 0 saturated carbocycles.